The number of halogens is 2. The standard InChI is InChI=1S/C13H13ClFNO2/c1-3-7-16-12(13(17)18-4-2)10-6-5-9(15)8-11(10)14/h1,5-6,8,12,16H,4,7H2,2H3. The van der Waals surface area contributed by atoms with Crippen molar-refractivity contribution in [3.8, 4) is 12.3 Å². The first-order chi connectivity index (χ1) is 8.60. The fourth-order valence-electron chi connectivity index (χ4n) is 1.44. The van der Waals surface area contributed by atoms with Crippen molar-refractivity contribution in [3.05, 3.63) is 34.6 Å². The van der Waals surface area contributed by atoms with Gasteiger partial charge in [-0.3, -0.25) is 5.32 Å². The highest BCUT2D eigenvalue weighted by Crippen LogP contribution is 2.24. The molecule has 0 spiro atoms. The van der Waals surface area contributed by atoms with E-state index in [1.807, 2.05) is 0 Å². The molecule has 0 saturated carbocycles. The van der Waals surface area contributed by atoms with Crippen molar-refractivity contribution in [1.82, 2.24) is 5.32 Å². The molecule has 0 fully saturated rings. The number of ether oxygens (including phenoxy) is 1. The number of nitrogens with one attached hydrogen (secondary N) is 1. The zero-order valence-corrected chi connectivity index (χ0v) is 10.6. The molecule has 0 heterocycles. The number of benzene rings is 1. The molecule has 5 heteroatoms. The van der Waals surface area contributed by atoms with Crippen LogP contribution in [0.5, 0.6) is 0 Å². The Kier molecular flexibility index (Phi) is 5.63. The maximum atomic E-state index is 13.0. The molecule has 0 aliphatic carbocycles. The molecule has 1 N–H and O–H groups in total. The van der Waals surface area contributed by atoms with Gasteiger partial charge in [0.15, 0.2) is 0 Å². The van der Waals surface area contributed by atoms with Crippen LogP contribution in [-0.2, 0) is 9.53 Å². The van der Waals surface area contributed by atoms with Crippen LogP contribution in [0.25, 0.3) is 0 Å². The smallest absolute Gasteiger partial charge is 0.327 e. The van der Waals surface area contributed by atoms with Crippen LogP contribution < -0.4 is 5.32 Å². The molecule has 96 valence electrons. The molecule has 1 aromatic rings. The maximum Gasteiger partial charge on any atom is 0.327 e. The fourth-order valence-corrected chi connectivity index (χ4v) is 1.72. The molecule has 1 atom stereocenters. The Bertz CT molecular complexity index is 471. The fraction of sp³-hybridized carbons (Fsp3) is 0.308. The lowest BCUT2D eigenvalue weighted by atomic mass is 10.1. The van der Waals surface area contributed by atoms with Crippen LogP contribution in [0.1, 0.15) is 18.5 Å². The normalized spacial score (nSPS) is 11.7. The Hall–Kier alpha value is -1.57. The van der Waals surface area contributed by atoms with Crippen molar-refractivity contribution in [2.45, 2.75) is 13.0 Å². The van der Waals surface area contributed by atoms with Gasteiger partial charge in [0.2, 0.25) is 0 Å². The van der Waals surface area contributed by atoms with Crippen LogP contribution in [0, 0.1) is 18.2 Å². The van der Waals surface area contributed by atoms with E-state index in [4.69, 9.17) is 22.8 Å². The van der Waals surface area contributed by atoms with Gasteiger partial charge in [-0.2, -0.15) is 0 Å². The van der Waals surface area contributed by atoms with Gasteiger partial charge in [0, 0.05) is 5.02 Å². The molecule has 0 aliphatic rings. The SMILES string of the molecule is C#CCNC(C(=O)OCC)c1ccc(F)cc1Cl. The second-order valence-corrected chi connectivity index (χ2v) is 3.84. The van der Waals surface area contributed by atoms with E-state index in [-0.39, 0.29) is 18.2 Å². The van der Waals surface area contributed by atoms with Crippen molar-refractivity contribution in [1.29, 1.82) is 0 Å². The van der Waals surface area contributed by atoms with E-state index >= 15 is 0 Å². The zero-order valence-electron chi connectivity index (χ0n) is 9.87. The lowest BCUT2D eigenvalue weighted by Crippen LogP contribution is -2.30. The third-order valence-electron chi connectivity index (χ3n) is 2.20. The van der Waals surface area contributed by atoms with Gasteiger partial charge in [-0.05, 0) is 24.6 Å². The average molecular weight is 270 g/mol. The number of rotatable bonds is 5. The third kappa shape index (κ3) is 3.73. The van der Waals surface area contributed by atoms with E-state index in [1.165, 1.54) is 12.1 Å². The van der Waals surface area contributed by atoms with Gasteiger partial charge in [-0.25, -0.2) is 9.18 Å². The molecule has 0 saturated heterocycles. The van der Waals surface area contributed by atoms with E-state index in [1.54, 1.807) is 6.92 Å². The molecule has 0 aliphatic heterocycles. The number of hydrogen-bond donors (Lipinski definition) is 1. The van der Waals surface area contributed by atoms with Crippen molar-refractivity contribution in [2.75, 3.05) is 13.2 Å². The topological polar surface area (TPSA) is 38.3 Å². The minimum Gasteiger partial charge on any atom is -0.465 e. The first-order valence-corrected chi connectivity index (χ1v) is 5.76. The van der Waals surface area contributed by atoms with Crippen molar-refractivity contribution in [2.24, 2.45) is 0 Å². The Morgan fingerprint density at radius 1 is 1.67 bits per heavy atom. The number of carbonyl (C=O) groups is 1. The summed E-state index contributed by atoms with van der Waals surface area (Å²) in [5, 5.41) is 2.96. The lowest BCUT2D eigenvalue weighted by molar-refractivity contribution is -0.145. The van der Waals surface area contributed by atoms with Crippen molar-refractivity contribution >= 4 is 17.6 Å². The molecule has 1 rings (SSSR count). The van der Waals surface area contributed by atoms with Gasteiger partial charge in [0.05, 0.1) is 13.2 Å². The summed E-state index contributed by atoms with van der Waals surface area (Å²) in [5.74, 6) is 1.39. The second-order valence-electron chi connectivity index (χ2n) is 3.44. The lowest BCUT2D eigenvalue weighted by Gasteiger charge is -2.17. The first-order valence-electron chi connectivity index (χ1n) is 5.38. The zero-order chi connectivity index (χ0) is 13.5. The molecule has 0 amide bonds. The Morgan fingerprint density at radius 3 is 2.94 bits per heavy atom. The van der Waals surface area contributed by atoms with E-state index in [0.29, 0.717) is 5.56 Å². The third-order valence-corrected chi connectivity index (χ3v) is 2.53. The predicted molar refractivity (Wildman–Crippen MR) is 67.6 cm³/mol. The van der Waals surface area contributed by atoms with Gasteiger partial charge >= 0.3 is 5.97 Å². The van der Waals surface area contributed by atoms with Crippen molar-refractivity contribution < 1.29 is 13.9 Å². The summed E-state index contributed by atoms with van der Waals surface area (Å²) < 4.78 is 17.9. The summed E-state index contributed by atoms with van der Waals surface area (Å²) in [6, 6.07) is 3.00. The van der Waals surface area contributed by atoms with Gasteiger partial charge in [-0.1, -0.05) is 23.6 Å². The molecule has 1 unspecified atom stereocenters. The monoisotopic (exact) mass is 269 g/mol. The van der Waals surface area contributed by atoms with Crippen LogP contribution in [0.15, 0.2) is 18.2 Å². The first kappa shape index (κ1) is 14.5. The molecule has 1 aromatic carbocycles. The quantitative estimate of drug-likeness (QED) is 0.658. The maximum absolute atomic E-state index is 13.0. The second kappa shape index (κ2) is 7.00. The molecule has 18 heavy (non-hydrogen) atoms. The van der Waals surface area contributed by atoms with Crippen molar-refractivity contribution in [3.63, 3.8) is 0 Å². The molecular weight excluding hydrogens is 257 g/mol. The Balaban J connectivity index is 3.01. The summed E-state index contributed by atoms with van der Waals surface area (Å²) in [6.45, 7) is 2.12. The highest BCUT2D eigenvalue weighted by atomic mass is 35.5. The summed E-state index contributed by atoms with van der Waals surface area (Å²) in [6.07, 6.45) is 5.13. The number of hydrogen-bond acceptors (Lipinski definition) is 3. The van der Waals surface area contributed by atoms with Crippen LogP contribution >= 0.6 is 11.6 Å². The average Bonchev–Trinajstić information content (AvgIpc) is 2.32. The summed E-state index contributed by atoms with van der Waals surface area (Å²) in [7, 11) is 0. The number of esters is 1. The Labute approximate surface area is 110 Å². The van der Waals surface area contributed by atoms with Crippen LogP contribution in [0.4, 0.5) is 4.39 Å². The van der Waals surface area contributed by atoms with Gasteiger partial charge < -0.3 is 4.74 Å². The Morgan fingerprint density at radius 2 is 2.39 bits per heavy atom. The van der Waals surface area contributed by atoms with E-state index in [0.717, 1.165) is 6.07 Å². The van der Waals surface area contributed by atoms with Gasteiger partial charge in [0.1, 0.15) is 11.9 Å². The highest BCUT2D eigenvalue weighted by molar-refractivity contribution is 6.31. The summed E-state index contributed by atoms with van der Waals surface area (Å²) >= 11 is 5.91. The van der Waals surface area contributed by atoms with Gasteiger partial charge in [-0.15, -0.1) is 6.42 Å². The minimum absolute atomic E-state index is 0.151. The number of carbonyl (C=O) groups excluding carboxylic acids is 1. The van der Waals surface area contributed by atoms with E-state index in [9.17, 15) is 9.18 Å². The van der Waals surface area contributed by atoms with Crippen LogP contribution in [0.2, 0.25) is 5.02 Å². The molecule has 3 nitrogen and oxygen atoms in total. The molecule has 0 aromatic heterocycles. The molecule has 0 bridgehead atoms. The molecular formula is C13H13ClFNO2. The minimum atomic E-state index is -0.797. The van der Waals surface area contributed by atoms with E-state index < -0.39 is 17.8 Å². The van der Waals surface area contributed by atoms with E-state index in [2.05, 4.69) is 11.2 Å². The van der Waals surface area contributed by atoms with Gasteiger partial charge in [0.25, 0.3) is 0 Å². The van der Waals surface area contributed by atoms with Crippen LogP contribution in [-0.4, -0.2) is 19.1 Å². The summed E-state index contributed by atoms with van der Waals surface area (Å²) in [5.41, 5.74) is 0.437. The largest absolute Gasteiger partial charge is 0.465 e. The summed E-state index contributed by atoms with van der Waals surface area (Å²) in [4.78, 5) is 11.8. The highest BCUT2D eigenvalue weighted by Gasteiger charge is 2.23. The molecule has 0 radical (unpaired) electrons. The number of terminal acetylenes is 1. The predicted octanol–water partition coefficient (Wildman–Crippen LogP) is 2.31. The van der Waals surface area contributed by atoms with Crippen LogP contribution in [0.3, 0.4) is 0 Å².